The van der Waals surface area contributed by atoms with E-state index in [1.54, 1.807) is 18.2 Å². The lowest BCUT2D eigenvalue weighted by Crippen LogP contribution is -2.44. The summed E-state index contributed by atoms with van der Waals surface area (Å²) in [5.74, 6) is -1.82. The van der Waals surface area contributed by atoms with Crippen LogP contribution in [0.3, 0.4) is 0 Å². The third-order valence-electron chi connectivity index (χ3n) is 9.28. The minimum Gasteiger partial charge on any atom is -0.489 e. The van der Waals surface area contributed by atoms with Gasteiger partial charge in [-0.3, -0.25) is 9.59 Å². The first kappa shape index (κ1) is 35.9. The first-order valence-corrected chi connectivity index (χ1v) is 17.5. The Morgan fingerprint density at radius 3 is 1.62 bits per heavy atom. The number of ether oxygens (including phenoxy) is 3. The maximum absolute atomic E-state index is 14.4. The van der Waals surface area contributed by atoms with Crippen molar-refractivity contribution in [1.29, 1.82) is 0 Å². The number of benzene rings is 4. The van der Waals surface area contributed by atoms with Crippen molar-refractivity contribution in [3.8, 4) is 5.75 Å². The largest absolute Gasteiger partial charge is 0.489 e. The fourth-order valence-corrected chi connectivity index (χ4v) is 6.55. The topological polar surface area (TPSA) is 102 Å². The minimum absolute atomic E-state index is 0.0841. The maximum atomic E-state index is 14.4. The molecule has 0 N–H and O–H groups in total. The first-order valence-electron chi connectivity index (χ1n) is 17.5. The van der Waals surface area contributed by atoms with E-state index in [-0.39, 0.29) is 26.1 Å². The number of allylic oxidation sites excluding steroid dienone is 1. The van der Waals surface area contributed by atoms with Gasteiger partial charge in [-0.25, -0.2) is 19.4 Å². The van der Waals surface area contributed by atoms with Gasteiger partial charge in [0.05, 0.1) is 23.9 Å². The lowest BCUT2D eigenvalue weighted by atomic mass is 9.93. The van der Waals surface area contributed by atoms with Gasteiger partial charge in [-0.1, -0.05) is 121 Å². The van der Waals surface area contributed by atoms with Crippen LogP contribution in [0.5, 0.6) is 5.75 Å². The zero-order valence-electron chi connectivity index (χ0n) is 28.9. The van der Waals surface area contributed by atoms with Gasteiger partial charge in [0.15, 0.2) is 0 Å². The van der Waals surface area contributed by atoms with Crippen molar-refractivity contribution in [3.63, 3.8) is 0 Å². The Kier molecular flexibility index (Phi) is 11.9. The van der Waals surface area contributed by atoms with Crippen LogP contribution in [-0.2, 0) is 44.9 Å². The Hall–Kier alpha value is -5.96. The number of hydrogen-bond donors (Lipinski definition) is 0. The van der Waals surface area contributed by atoms with E-state index in [0.29, 0.717) is 25.2 Å². The second-order valence-corrected chi connectivity index (χ2v) is 13.0. The quantitative estimate of drug-likeness (QED) is 0.120. The normalized spacial score (nSPS) is 18.2. The predicted octanol–water partition coefficient (Wildman–Crippen LogP) is 7.35. The van der Waals surface area contributed by atoms with Crippen LogP contribution in [0.1, 0.15) is 28.7 Å². The fraction of sp³-hybridized carbons (Fsp3) is 0.256. The van der Waals surface area contributed by atoms with Crippen LogP contribution < -0.4 is 4.74 Å². The Morgan fingerprint density at radius 2 is 1.12 bits per heavy atom. The summed E-state index contributed by atoms with van der Waals surface area (Å²) < 4.78 is 16.7. The minimum atomic E-state index is -0.828. The van der Waals surface area contributed by atoms with Crippen molar-refractivity contribution in [3.05, 3.63) is 162 Å². The monoisotopic (exact) mass is 698 g/mol. The van der Waals surface area contributed by atoms with Crippen LogP contribution in [0.2, 0.25) is 0 Å². The van der Waals surface area contributed by atoms with Crippen molar-refractivity contribution < 1.29 is 33.4 Å². The Morgan fingerprint density at radius 1 is 0.654 bits per heavy atom. The average molecular weight is 699 g/mol. The van der Waals surface area contributed by atoms with E-state index >= 15 is 0 Å². The Labute approximate surface area is 304 Å². The Balaban J connectivity index is 1.24. The van der Waals surface area contributed by atoms with Crippen LogP contribution in [0.15, 0.2) is 140 Å². The number of carbonyl (C=O) groups is 4. The van der Waals surface area contributed by atoms with E-state index in [4.69, 9.17) is 14.2 Å². The highest BCUT2D eigenvalue weighted by Crippen LogP contribution is 2.27. The van der Waals surface area contributed by atoms with Crippen molar-refractivity contribution in [1.82, 2.24) is 9.80 Å². The van der Waals surface area contributed by atoms with Crippen LogP contribution in [0.25, 0.3) is 0 Å². The lowest BCUT2D eigenvalue weighted by Gasteiger charge is -2.25. The number of imide groups is 2. The van der Waals surface area contributed by atoms with Crippen molar-refractivity contribution >= 4 is 24.0 Å². The molecule has 9 nitrogen and oxygen atoms in total. The maximum Gasteiger partial charge on any atom is 0.417 e. The fourth-order valence-electron chi connectivity index (χ4n) is 6.55. The third kappa shape index (κ3) is 9.03. The molecule has 0 bridgehead atoms. The molecular formula is C43H42N2O7. The molecule has 9 heteroatoms. The average Bonchev–Trinajstić information content (AvgIpc) is 3.73. The number of rotatable bonds is 15. The van der Waals surface area contributed by atoms with E-state index in [2.05, 4.69) is 6.58 Å². The standard InChI is InChI=1S/C43H42N2O7/c1-2-12-35(40(46)44-37(29-51-42(44)48)26-31-13-6-3-7-14-31)21-22-36(25-33-19-23-39(24-20-33)50-28-34-17-10-5-11-18-34)41(47)45-38(30-52-43(45)49)27-32-15-8-4-9-16-32/h2-11,13-24,35-38H,1,12,25-30H2/t35-,36+,37-,38-/m0/s1. The molecule has 0 radical (unpaired) electrons. The number of nitrogens with zero attached hydrogens (tertiary/aromatic N) is 2. The zero-order valence-corrected chi connectivity index (χ0v) is 28.9. The summed E-state index contributed by atoms with van der Waals surface area (Å²) in [7, 11) is 0. The van der Waals surface area contributed by atoms with E-state index in [0.717, 1.165) is 22.3 Å². The number of amides is 4. The summed E-state index contributed by atoms with van der Waals surface area (Å²) in [5, 5.41) is 0. The summed E-state index contributed by atoms with van der Waals surface area (Å²) in [5.41, 5.74) is 3.83. The van der Waals surface area contributed by atoms with Crippen molar-refractivity contribution in [2.24, 2.45) is 11.8 Å². The van der Waals surface area contributed by atoms with Gasteiger partial charge in [-0.15, -0.1) is 6.58 Å². The molecule has 2 aliphatic heterocycles. The van der Waals surface area contributed by atoms with Crippen molar-refractivity contribution in [2.45, 2.75) is 44.4 Å². The second-order valence-electron chi connectivity index (χ2n) is 13.0. The molecule has 4 amide bonds. The predicted molar refractivity (Wildman–Crippen MR) is 196 cm³/mol. The summed E-state index contributed by atoms with van der Waals surface area (Å²) in [4.78, 5) is 56.7. The van der Waals surface area contributed by atoms with E-state index in [1.165, 1.54) is 9.80 Å². The second kappa shape index (κ2) is 17.3. The molecular weight excluding hydrogens is 656 g/mol. The smallest absolute Gasteiger partial charge is 0.417 e. The van der Waals surface area contributed by atoms with Gasteiger partial charge in [0.1, 0.15) is 25.6 Å². The van der Waals surface area contributed by atoms with Crippen LogP contribution >= 0.6 is 0 Å². The molecule has 0 unspecified atom stereocenters. The molecule has 0 aliphatic carbocycles. The summed E-state index contributed by atoms with van der Waals surface area (Å²) >= 11 is 0. The SMILES string of the molecule is C=CC[C@@H](C=C[C@H](Cc1ccc(OCc2ccccc2)cc1)C(=O)N1C(=O)OC[C@@H]1Cc1ccccc1)C(=O)N1C(=O)OC[C@@H]1Cc1ccccc1. The molecule has 4 aromatic rings. The molecule has 4 aromatic carbocycles. The van der Waals surface area contributed by atoms with Gasteiger partial charge in [0, 0.05) is 0 Å². The van der Waals surface area contributed by atoms with Gasteiger partial charge in [0.2, 0.25) is 11.8 Å². The molecule has 4 atom stereocenters. The molecule has 6 rings (SSSR count). The summed E-state index contributed by atoms with van der Waals surface area (Å²) in [6.07, 6.45) is 4.92. The van der Waals surface area contributed by atoms with Crippen LogP contribution in [0, 0.1) is 11.8 Å². The van der Waals surface area contributed by atoms with E-state index in [9.17, 15) is 19.2 Å². The van der Waals surface area contributed by atoms with E-state index < -0.39 is 47.9 Å². The highest BCUT2D eigenvalue weighted by molar-refractivity contribution is 5.97. The molecule has 52 heavy (non-hydrogen) atoms. The number of cyclic esters (lactones) is 2. The van der Waals surface area contributed by atoms with Gasteiger partial charge in [-0.2, -0.15) is 0 Å². The molecule has 2 heterocycles. The highest BCUT2D eigenvalue weighted by atomic mass is 16.6. The molecule has 0 spiro atoms. The summed E-state index contributed by atoms with van der Waals surface area (Å²) in [6, 6.07) is 35.6. The highest BCUT2D eigenvalue weighted by Gasteiger charge is 2.42. The third-order valence-corrected chi connectivity index (χ3v) is 9.28. The lowest BCUT2D eigenvalue weighted by molar-refractivity contribution is -0.133. The Bertz CT molecular complexity index is 1860. The zero-order chi connectivity index (χ0) is 36.3. The van der Waals surface area contributed by atoms with Gasteiger partial charge in [-0.05, 0) is 60.1 Å². The molecule has 2 saturated heterocycles. The number of hydrogen-bond acceptors (Lipinski definition) is 7. The van der Waals surface area contributed by atoms with Gasteiger partial charge < -0.3 is 14.2 Å². The van der Waals surface area contributed by atoms with Crippen molar-refractivity contribution in [2.75, 3.05) is 13.2 Å². The first-order chi connectivity index (χ1) is 25.4. The van der Waals surface area contributed by atoms with E-state index in [1.807, 2.05) is 115 Å². The molecule has 0 saturated carbocycles. The molecule has 2 fully saturated rings. The molecule has 0 aromatic heterocycles. The molecule has 2 aliphatic rings. The van der Waals surface area contributed by atoms with Crippen LogP contribution in [-0.4, -0.2) is 59.1 Å². The number of carbonyl (C=O) groups excluding carboxylic acids is 4. The van der Waals surface area contributed by atoms with Crippen LogP contribution in [0.4, 0.5) is 9.59 Å². The summed E-state index contributed by atoms with van der Waals surface area (Å²) in [6.45, 7) is 4.44. The van der Waals surface area contributed by atoms with Gasteiger partial charge >= 0.3 is 12.2 Å². The van der Waals surface area contributed by atoms with Gasteiger partial charge in [0.25, 0.3) is 0 Å². The molecule has 266 valence electrons.